The fourth-order valence-electron chi connectivity index (χ4n) is 2.43. The highest BCUT2D eigenvalue weighted by molar-refractivity contribution is 5.39. The molecule has 2 unspecified atom stereocenters. The molecule has 2 atom stereocenters. The van der Waals surface area contributed by atoms with Crippen molar-refractivity contribution in [1.29, 1.82) is 0 Å². The third kappa shape index (κ3) is 4.14. The predicted octanol–water partition coefficient (Wildman–Crippen LogP) is 4.06. The Labute approximate surface area is 122 Å². The van der Waals surface area contributed by atoms with E-state index >= 15 is 0 Å². The molecule has 3 nitrogen and oxygen atoms in total. The lowest BCUT2D eigenvalue weighted by Crippen LogP contribution is -2.08. The van der Waals surface area contributed by atoms with Crippen LogP contribution in [-0.4, -0.2) is 25.4 Å². The zero-order valence-corrected chi connectivity index (χ0v) is 13.0. The van der Waals surface area contributed by atoms with Gasteiger partial charge in [-0.1, -0.05) is 19.1 Å². The standard InChI is InChI=1S/C17H26O3/c1-13(9-10-16-17(2,3)20-16)11-12-19-15-8-6-5-7-14(15)18-4/h5-8,13,16H,9-12H2,1-4H3. The van der Waals surface area contributed by atoms with Crippen LogP contribution in [0.15, 0.2) is 24.3 Å². The van der Waals surface area contributed by atoms with Crippen molar-refractivity contribution in [3.8, 4) is 11.5 Å². The summed E-state index contributed by atoms with van der Waals surface area (Å²) in [6, 6.07) is 7.79. The van der Waals surface area contributed by atoms with E-state index in [1.54, 1.807) is 7.11 Å². The lowest BCUT2D eigenvalue weighted by Gasteiger charge is -2.13. The van der Waals surface area contributed by atoms with Crippen molar-refractivity contribution in [1.82, 2.24) is 0 Å². The predicted molar refractivity (Wildman–Crippen MR) is 80.5 cm³/mol. The lowest BCUT2D eigenvalue weighted by molar-refractivity contribution is 0.259. The molecule has 0 amide bonds. The second-order valence-corrected chi connectivity index (χ2v) is 6.18. The average molecular weight is 278 g/mol. The summed E-state index contributed by atoms with van der Waals surface area (Å²) >= 11 is 0. The van der Waals surface area contributed by atoms with Crippen LogP contribution in [0.4, 0.5) is 0 Å². The fraction of sp³-hybridized carbons (Fsp3) is 0.647. The second kappa shape index (κ2) is 6.49. The molecule has 1 aliphatic rings. The van der Waals surface area contributed by atoms with Gasteiger partial charge in [0.1, 0.15) is 0 Å². The van der Waals surface area contributed by atoms with Gasteiger partial charge in [0.15, 0.2) is 11.5 Å². The molecule has 1 aromatic carbocycles. The van der Waals surface area contributed by atoms with Crippen LogP contribution in [0.3, 0.4) is 0 Å². The van der Waals surface area contributed by atoms with Gasteiger partial charge in [-0.2, -0.15) is 0 Å². The summed E-state index contributed by atoms with van der Waals surface area (Å²) in [5.74, 6) is 2.28. The van der Waals surface area contributed by atoms with E-state index in [1.165, 1.54) is 6.42 Å². The monoisotopic (exact) mass is 278 g/mol. The van der Waals surface area contributed by atoms with Crippen LogP contribution >= 0.6 is 0 Å². The Balaban J connectivity index is 1.65. The normalized spacial score (nSPS) is 21.3. The summed E-state index contributed by atoms with van der Waals surface area (Å²) in [5.41, 5.74) is 0.119. The van der Waals surface area contributed by atoms with Gasteiger partial charge in [0.25, 0.3) is 0 Å². The molecule has 0 aliphatic carbocycles. The van der Waals surface area contributed by atoms with E-state index in [0.717, 1.165) is 30.9 Å². The maximum atomic E-state index is 5.81. The molecule has 3 heteroatoms. The number of para-hydroxylation sites is 2. The number of epoxide rings is 1. The molecule has 0 bridgehead atoms. The molecule has 2 rings (SSSR count). The molecule has 0 N–H and O–H groups in total. The summed E-state index contributed by atoms with van der Waals surface area (Å²) in [5, 5.41) is 0. The smallest absolute Gasteiger partial charge is 0.161 e. The van der Waals surface area contributed by atoms with E-state index in [0.29, 0.717) is 12.0 Å². The van der Waals surface area contributed by atoms with E-state index in [2.05, 4.69) is 20.8 Å². The SMILES string of the molecule is COc1ccccc1OCCC(C)CCC1OC1(C)C. The van der Waals surface area contributed by atoms with Crippen LogP contribution in [0.2, 0.25) is 0 Å². The number of hydrogen-bond acceptors (Lipinski definition) is 3. The molecule has 1 fully saturated rings. The fourth-order valence-corrected chi connectivity index (χ4v) is 2.43. The molecule has 0 radical (unpaired) electrons. The first-order chi connectivity index (χ1) is 9.53. The van der Waals surface area contributed by atoms with Crippen molar-refractivity contribution in [2.24, 2.45) is 5.92 Å². The Kier molecular flexibility index (Phi) is 4.92. The second-order valence-electron chi connectivity index (χ2n) is 6.18. The summed E-state index contributed by atoms with van der Waals surface area (Å²) in [6.07, 6.45) is 3.87. The van der Waals surface area contributed by atoms with Gasteiger partial charge in [0, 0.05) is 0 Å². The van der Waals surface area contributed by atoms with Crippen molar-refractivity contribution in [2.45, 2.75) is 51.7 Å². The van der Waals surface area contributed by atoms with Gasteiger partial charge in [-0.15, -0.1) is 0 Å². The van der Waals surface area contributed by atoms with Gasteiger partial charge < -0.3 is 14.2 Å². The van der Waals surface area contributed by atoms with Crippen LogP contribution in [0.1, 0.15) is 40.0 Å². The van der Waals surface area contributed by atoms with E-state index in [4.69, 9.17) is 14.2 Å². The number of hydrogen-bond donors (Lipinski definition) is 0. The average Bonchev–Trinajstić information content (AvgIpc) is 3.04. The molecular formula is C17H26O3. The minimum atomic E-state index is 0.119. The minimum absolute atomic E-state index is 0.119. The molecule has 1 aromatic rings. The number of benzene rings is 1. The molecular weight excluding hydrogens is 252 g/mol. The molecule has 1 saturated heterocycles. The highest BCUT2D eigenvalue weighted by atomic mass is 16.6. The zero-order chi connectivity index (χ0) is 14.6. The third-order valence-electron chi connectivity index (χ3n) is 4.02. The van der Waals surface area contributed by atoms with Crippen LogP contribution < -0.4 is 9.47 Å². The van der Waals surface area contributed by atoms with Crippen LogP contribution in [-0.2, 0) is 4.74 Å². The number of rotatable bonds is 8. The van der Waals surface area contributed by atoms with E-state index in [1.807, 2.05) is 24.3 Å². The first-order valence-electron chi connectivity index (χ1n) is 7.46. The molecule has 0 aromatic heterocycles. The quantitative estimate of drug-likeness (QED) is 0.672. The zero-order valence-electron chi connectivity index (χ0n) is 13.0. The van der Waals surface area contributed by atoms with Gasteiger partial charge >= 0.3 is 0 Å². The van der Waals surface area contributed by atoms with Crippen LogP contribution in [0, 0.1) is 5.92 Å². The van der Waals surface area contributed by atoms with Crippen LogP contribution in [0.5, 0.6) is 11.5 Å². The Bertz CT molecular complexity index is 428. The molecule has 0 spiro atoms. The van der Waals surface area contributed by atoms with Gasteiger partial charge in [0.05, 0.1) is 25.4 Å². The van der Waals surface area contributed by atoms with Crippen molar-refractivity contribution in [3.05, 3.63) is 24.3 Å². The Hall–Kier alpha value is -1.22. The first kappa shape index (κ1) is 15.2. The lowest BCUT2D eigenvalue weighted by atomic mass is 9.98. The molecule has 1 heterocycles. The highest BCUT2D eigenvalue weighted by Crippen LogP contribution is 2.39. The van der Waals surface area contributed by atoms with Gasteiger partial charge in [0.2, 0.25) is 0 Å². The molecule has 0 saturated carbocycles. The first-order valence-corrected chi connectivity index (χ1v) is 7.46. The largest absolute Gasteiger partial charge is 0.493 e. The van der Waals surface area contributed by atoms with Gasteiger partial charge in [-0.3, -0.25) is 0 Å². The topological polar surface area (TPSA) is 31.0 Å². The summed E-state index contributed by atoms with van der Waals surface area (Å²) in [6.45, 7) is 7.33. The maximum absolute atomic E-state index is 5.81. The number of ether oxygens (including phenoxy) is 3. The third-order valence-corrected chi connectivity index (χ3v) is 4.02. The Morgan fingerprint density at radius 1 is 1.20 bits per heavy atom. The van der Waals surface area contributed by atoms with E-state index < -0.39 is 0 Å². The van der Waals surface area contributed by atoms with Gasteiger partial charge in [-0.25, -0.2) is 0 Å². The highest BCUT2D eigenvalue weighted by Gasteiger charge is 2.46. The van der Waals surface area contributed by atoms with Crippen molar-refractivity contribution < 1.29 is 14.2 Å². The Morgan fingerprint density at radius 3 is 2.45 bits per heavy atom. The van der Waals surface area contributed by atoms with E-state index in [-0.39, 0.29) is 5.60 Å². The molecule has 112 valence electrons. The molecule has 20 heavy (non-hydrogen) atoms. The summed E-state index contributed by atoms with van der Waals surface area (Å²) in [7, 11) is 1.67. The van der Waals surface area contributed by atoms with E-state index in [9.17, 15) is 0 Å². The van der Waals surface area contributed by atoms with Crippen molar-refractivity contribution >= 4 is 0 Å². The van der Waals surface area contributed by atoms with Crippen molar-refractivity contribution in [2.75, 3.05) is 13.7 Å². The Morgan fingerprint density at radius 2 is 1.85 bits per heavy atom. The summed E-state index contributed by atoms with van der Waals surface area (Å²) in [4.78, 5) is 0. The van der Waals surface area contributed by atoms with Crippen molar-refractivity contribution in [3.63, 3.8) is 0 Å². The molecule has 1 aliphatic heterocycles. The summed E-state index contributed by atoms with van der Waals surface area (Å²) < 4.78 is 16.7. The van der Waals surface area contributed by atoms with Crippen LogP contribution in [0.25, 0.3) is 0 Å². The number of methoxy groups -OCH3 is 1. The minimum Gasteiger partial charge on any atom is -0.493 e. The maximum Gasteiger partial charge on any atom is 0.161 e. The van der Waals surface area contributed by atoms with Gasteiger partial charge in [-0.05, 0) is 51.2 Å².